The number of hydrogen-bond donors (Lipinski definition) is 1. The Labute approximate surface area is 122 Å². The number of nitrogens with zero attached hydrogens (tertiary/aromatic N) is 2. The zero-order valence-corrected chi connectivity index (χ0v) is 12.6. The van der Waals surface area contributed by atoms with E-state index in [-0.39, 0.29) is 0 Å². The van der Waals surface area contributed by atoms with Gasteiger partial charge in [-0.2, -0.15) is 0 Å². The molecule has 3 aliphatic rings. The molecule has 0 aromatic rings. The topological polar surface area (TPSA) is 36.9 Å². The van der Waals surface area contributed by atoms with Gasteiger partial charge in [0.05, 0.1) is 6.61 Å². The van der Waals surface area contributed by atoms with E-state index in [9.17, 15) is 0 Å². The highest BCUT2D eigenvalue weighted by Crippen LogP contribution is 2.38. The lowest BCUT2D eigenvalue weighted by Gasteiger charge is -2.26. The van der Waals surface area contributed by atoms with Crippen molar-refractivity contribution in [2.24, 2.45) is 16.3 Å². The summed E-state index contributed by atoms with van der Waals surface area (Å²) in [6, 6.07) is 0. The quantitative estimate of drug-likeness (QED) is 0.477. The largest absolute Gasteiger partial charge is 0.381 e. The molecule has 0 aromatic carbocycles. The minimum Gasteiger partial charge on any atom is -0.381 e. The van der Waals surface area contributed by atoms with Crippen LogP contribution in [0.4, 0.5) is 0 Å². The van der Waals surface area contributed by atoms with Crippen molar-refractivity contribution in [3.8, 4) is 0 Å². The number of aliphatic imine (C=N–C) groups is 1. The van der Waals surface area contributed by atoms with E-state index < -0.39 is 0 Å². The summed E-state index contributed by atoms with van der Waals surface area (Å²) in [7, 11) is 1.90. The minimum absolute atomic E-state index is 0.408. The highest BCUT2D eigenvalue weighted by molar-refractivity contribution is 5.80. The van der Waals surface area contributed by atoms with Crippen molar-refractivity contribution in [3.05, 3.63) is 12.2 Å². The predicted octanol–water partition coefficient (Wildman–Crippen LogP) is 2.03. The number of rotatable bonds is 2. The Hall–Kier alpha value is -1.03. The van der Waals surface area contributed by atoms with E-state index in [1.807, 2.05) is 7.05 Å². The molecular weight excluding hydrogens is 250 g/mol. The third-order valence-corrected chi connectivity index (χ3v) is 5.06. The molecule has 2 saturated heterocycles. The fourth-order valence-electron chi connectivity index (χ4n) is 3.70. The number of nitrogens with one attached hydrogen (secondary N) is 1. The van der Waals surface area contributed by atoms with E-state index >= 15 is 0 Å². The molecule has 4 heteroatoms. The minimum atomic E-state index is 0.408. The molecule has 1 spiro atoms. The van der Waals surface area contributed by atoms with Crippen molar-refractivity contribution in [1.29, 1.82) is 0 Å². The first kappa shape index (κ1) is 13.9. The smallest absolute Gasteiger partial charge is 0.193 e. The van der Waals surface area contributed by atoms with Gasteiger partial charge < -0.3 is 15.0 Å². The molecule has 2 aliphatic heterocycles. The first-order valence-corrected chi connectivity index (χ1v) is 8.00. The molecule has 2 unspecified atom stereocenters. The maximum Gasteiger partial charge on any atom is 0.193 e. The summed E-state index contributed by atoms with van der Waals surface area (Å²) in [5, 5.41) is 3.59. The molecule has 1 N–H and O–H groups in total. The number of likely N-dealkylation sites (tertiary alicyclic amines) is 1. The Bertz CT molecular complexity index is 385. The Morgan fingerprint density at radius 3 is 3.10 bits per heavy atom. The number of hydrogen-bond acceptors (Lipinski definition) is 2. The van der Waals surface area contributed by atoms with Crippen LogP contribution in [0.3, 0.4) is 0 Å². The van der Waals surface area contributed by atoms with Crippen molar-refractivity contribution in [3.63, 3.8) is 0 Å². The van der Waals surface area contributed by atoms with Gasteiger partial charge in [0.25, 0.3) is 0 Å². The van der Waals surface area contributed by atoms with Crippen LogP contribution in [0.5, 0.6) is 0 Å². The van der Waals surface area contributed by atoms with Crippen LogP contribution in [0.2, 0.25) is 0 Å². The molecule has 2 heterocycles. The molecule has 0 aromatic heterocycles. The first-order valence-electron chi connectivity index (χ1n) is 8.00. The molecule has 112 valence electrons. The van der Waals surface area contributed by atoms with Crippen molar-refractivity contribution in [1.82, 2.24) is 10.2 Å². The average Bonchev–Trinajstić information content (AvgIpc) is 3.12. The normalized spacial score (nSPS) is 34.1. The Balaban J connectivity index is 1.51. The van der Waals surface area contributed by atoms with E-state index in [0.717, 1.165) is 44.7 Å². The van der Waals surface area contributed by atoms with Crippen molar-refractivity contribution >= 4 is 5.96 Å². The molecule has 2 fully saturated rings. The summed E-state index contributed by atoms with van der Waals surface area (Å²) in [5.74, 6) is 1.85. The van der Waals surface area contributed by atoms with Crippen molar-refractivity contribution in [2.75, 3.05) is 39.9 Å². The maximum atomic E-state index is 5.60. The van der Waals surface area contributed by atoms with Gasteiger partial charge in [0, 0.05) is 38.7 Å². The molecule has 0 amide bonds. The van der Waals surface area contributed by atoms with E-state index in [0.29, 0.717) is 5.41 Å². The fraction of sp³-hybridized carbons (Fsp3) is 0.812. The molecule has 3 rings (SSSR count). The van der Waals surface area contributed by atoms with Crippen LogP contribution in [0, 0.1) is 11.3 Å². The maximum absolute atomic E-state index is 5.60. The van der Waals surface area contributed by atoms with E-state index in [2.05, 4.69) is 27.4 Å². The van der Waals surface area contributed by atoms with Gasteiger partial charge in [0.1, 0.15) is 0 Å². The highest BCUT2D eigenvalue weighted by atomic mass is 16.5. The monoisotopic (exact) mass is 277 g/mol. The van der Waals surface area contributed by atoms with Gasteiger partial charge >= 0.3 is 0 Å². The van der Waals surface area contributed by atoms with Crippen LogP contribution in [0.1, 0.15) is 32.1 Å². The second-order valence-corrected chi connectivity index (χ2v) is 6.55. The zero-order valence-electron chi connectivity index (χ0n) is 12.6. The van der Waals surface area contributed by atoms with Crippen LogP contribution >= 0.6 is 0 Å². The lowest BCUT2D eigenvalue weighted by atomic mass is 9.87. The molecule has 0 radical (unpaired) electrons. The fourth-order valence-corrected chi connectivity index (χ4v) is 3.70. The van der Waals surface area contributed by atoms with Gasteiger partial charge in [-0.1, -0.05) is 12.2 Å². The summed E-state index contributed by atoms with van der Waals surface area (Å²) >= 11 is 0. The van der Waals surface area contributed by atoms with Crippen molar-refractivity contribution in [2.45, 2.75) is 32.1 Å². The summed E-state index contributed by atoms with van der Waals surface area (Å²) in [6.07, 6.45) is 10.8. The second-order valence-electron chi connectivity index (χ2n) is 6.55. The lowest BCUT2D eigenvalue weighted by Crippen LogP contribution is -2.43. The molecule has 0 bridgehead atoms. The molecular formula is C16H27N3O. The van der Waals surface area contributed by atoms with Gasteiger partial charge in [0.2, 0.25) is 0 Å². The average molecular weight is 277 g/mol. The van der Waals surface area contributed by atoms with Crippen LogP contribution < -0.4 is 5.32 Å². The van der Waals surface area contributed by atoms with Crippen molar-refractivity contribution < 1.29 is 4.74 Å². The predicted molar refractivity (Wildman–Crippen MR) is 81.9 cm³/mol. The van der Waals surface area contributed by atoms with Crippen LogP contribution in [0.25, 0.3) is 0 Å². The van der Waals surface area contributed by atoms with Gasteiger partial charge in [-0.05, 0) is 38.0 Å². The molecule has 2 atom stereocenters. The molecule has 4 nitrogen and oxygen atoms in total. The SMILES string of the molecule is CN=C(NCC1CC=CCC1)N1CCC2(CCOC2)C1. The summed E-state index contributed by atoms with van der Waals surface area (Å²) in [6.45, 7) is 5.16. The summed E-state index contributed by atoms with van der Waals surface area (Å²) in [4.78, 5) is 6.91. The number of guanidine groups is 1. The van der Waals surface area contributed by atoms with E-state index in [1.54, 1.807) is 0 Å². The lowest BCUT2D eigenvalue weighted by molar-refractivity contribution is 0.156. The first-order chi connectivity index (χ1) is 9.81. The second kappa shape index (κ2) is 6.17. The van der Waals surface area contributed by atoms with Crippen LogP contribution in [0.15, 0.2) is 17.1 Å². The Morgan fingerprint density at radius 1 is 1.45 bits per heavy atom. The number of ether oxygens (including phenoxy) is 1. The molecule has 1 aliphatic carbocycles. The van der Waals surface area contributed by atoms with Crippen LogP contribution in [-0.2, 0) is 4.74 Å². The van der Waals surface area contributed by atoms with E-state index in [4.69, 9.17) is 4.74 Å². The third-order valence-electron chi connectivity index (χ3n) is 5.06. The van der Waals surface area contributed by atoms with Gasteiger partial charge in [-0.3, -0.25) is 4.99 Å². The molecule has 0 saturated carbocycles. The number of allylic oxidation sites excluding steroid dienone is 2. The summed E-state index contributed by atoms with van der Waals surface area (Å²) < 4.78 is 5.60. The highest BCUT2D eigenvalue weighted by Gasteiger charge is 2.42. The summed E-state index contributed by atoms with van der Waals surface area (Å²) in [5.41, 5.74) is 0.408. The standard InChI is InChI=1S/C16H27N3O/c1-17-15(18-11-14-5-3-2-4-6-14)19-9-7-16(12-19)8-10-20-13-16/h2-3,14H,4-13H2,1H3,(H,17,18). The Kier molecular flexibility index (Phi) is 4.29. The third kappa shape index (κ3) is 3.00. The van der Waals surface area contributed by atoms with Gasteiger partial charge in [-0.25, -0.2) is 0 Å². The van der Waals surface area contributed by atoms with Crippen LogP contribution in [-0.4, -0.2) is 50.8 Å². The van der Waals surface area contributed by atoms with Gasteiger partial charge in [-0.15, -0.1) is 0 Å². The van der Waals surface area contributed by atoms with E-state index in [1.165, 1.54) is 32.1 Å². The Morgan fingerprint density at radius 2 is 2.40 bits per heavy atom. The van der Waals surface area contributed by atoms with Gasteiger partial charge in [0.15, 0.2) is 5.96 Å². The zero-order chi connectivity index (χ0) is 13.8. The molecule has 20 heavy (non-hydrogen) atoms.